The molecule has 1 aliphatic rings. The number of benzene rings is 2. The third-order valence-electron chi connectivity index (χ3n) is 4.76. The smallest absolute Gasteiger partial charge is 0.331 e. The van der Waals surface area contributed by atoms with Crippen LogP contribution in [0.2, 0.25) is 0 Å². The summed E-state index contributed by atoms with van der Waals surface area (Å²) in [6.45, 7) is 1.91. The number of hydrogen-bond donors (Lipinski definition) is 0. The highest BCUT2D eigenvalue weighted by atomic mass is 19.1. The summed E-state index contributed by atoms with van der Waals surface area (Å²) in [6, 6.07) is 15.0. The van der Waals surface area contributed by atoms with Crippen molar-refractivity contribution < 1.29 is 23.5 Å². The monoisotopic (exact) mass is 423 g/mol. The van der Waals surface area contributed by atoms with Crippen molar-refractivity contribution in [1.82, 2.24) is 4.90 Å². The zero-order valence-electron chi connectivity index (χ0n) is 16.9. The molecule has 2 aromatic rings. The Balaban J connectivity index is 1.40. The zero-order chi connectivity index (χ0) is 22.1. The van der Waals surface area contributed by atoms with Gasteiger partial charge in [-0.05, 0) is 48.0 Å². The molecular formula is C23H22FN3O4. The quantitative estimate of drug-likeness (QED) is 0.503. The first kappa shape index (κ1) is 21.8. The second kappa shape index (κ2) is 10.8. The van der Waals surface area contributed by atoms with Gasteiger partial charge in [0.05, 0.1) is 0 Å². The summed E-state index contributed by atoms with van der Waals surface area (Å²) < 4.78 is 23.3. The number of amides is 1. The molecule has 2 aromatic carbocycles. The van der Waals surface area contributed by atoms with Gasteiger partial charge >= 0.3 is 5.97 Å². The maximum atomic E-state index is 13.0. The second-order valence-electron chi connectivity index (χ2n) is 6.80. The molecule has 0 atom stereocenters. The summed E-state index contributed by atoms with van der Waals surface area (Å²) in [5.74, 6) is -0.580. The van der Waals surface area contributed by atoms with E-state index in [9.17, 15) is 14.0 Å². The summed E-state index contributed by atoms with van der Waals surface area (Å²) in [5, 5.41) is 8.49. The highest BCUT2D eigenvalue weighted by molar-refractivity contribution is 5.89. The minimum atomic E-state index is -0.608. The predicted octanol–water partition coefficient (Wildman–Crippen LogP) is 2.63. The van der Waals surface area contributed by atoms with E-state index in [4.69, 9.17) is 14.7 Å². The third-order valence-corrected chi connectivity index (χ3v) is 4.76. The summed E-state index contributed by atoms with van der Waals surface area (Å²) in [5.41, 5.74) is 1.67. The topological polar surface area (TPSA) is 82.9 Å². The van der Waals surface area contributed by atoms with E-state index in [-0.39, 0.29) is 24.9 Å². The lowest BCUT2D eigenvalue weighted by Gasteiger charge is -2.36. The Labute approximate surface area is 179 Å². The van der Waals surface area contributed by atoms with Crippen LogP contribution in [-0.2, 0) is 14.3 Å². The summed E-state index contributed by atoms with van der Waals surface area (Å²) in [4.78, 5) is 27.9. The van der Waals surface area contributed by atoms with E-state index in [1.54, 1.807) is 47.4 Å². The first-order valence-corrected chi connectivity index (χ1v) is 9.78. The fraction of sp³-hybridized carbons (Fsp3) is 0.261. The number of piperazine rings is 1. The van der Waals surface area contributed by atoms with Gasteiger partial charge in [0.2, 0.25) is 0 Å². The lowest BCUT2D eigenvalue weighted by molar-refractivity contribution is -0.148. The number of carbonyl (C=O) groups is 2. The number of anilines is 1. The van der Waals surface area contributed by atoms with Crippen LogP contribution in [0.4, 0.5) is 10.1 Å². The molecule has 0 bridgehead atoms. The number of ether oxygens (including phenoxy) is 2. The standard InChI is InChI=1S/C23H22FN3O4/c24-19-4-6-20(7-5-19)26-12-14-27(15-13-26)22(28)17-31-23(29)10-3-18-1-8-21(9-2-18)30-16-11-25/h1-10H,12-17H2/b10-3+. The van der Waals surface area contributed by atoms with Crippen LogP contribution >= 0.6 is 0 Å². The SMILES string of the molecule is N#CCOc1ccc(/C=C/C(=O)OCC(=O)N2CCN(c3ccc(F)cc3)CC2)cc1. The molecule has 160 valence electrons. The van der Waals surface area contributed by atoms with Crippen molar-refractivity contribution in [3.05, 3.63) is 66.0 Å². The molecule has 0 spiro atoms. The van der Waals surface area contributed by atoms with Gasteiger partial charge in [0.15, 0.2) is 13.2 Å². The van der Waals surface area contributed by atoms with Crippen molar-refractivity contribution in [3.63, 3.8) is 0 Å². The van der Waals surface area contributed by atoms with Crippen molar-refractivity contribution >= 4 is 23.6 Å². The van der Waals surface area contributed by atoms with Gasteiger partial charge in [-0.2, -0.15) is 5.26 Å². The molecule has 0 N–H and O–H groups in total. The Kier molecular flexibility index (Phi) is 7.60. The number of carbonyl (C=O) groups excluding carboxylic acids is 2. The molecule has 1 saturated heterocycles. The first-order chi connectivity index (χ1) is 15.0. The van der Waals surface area contributed by atoms with Crippen molar-refractivity contribution in [1.29, 1.82) is 5.26 Å². The van der Waals surface area contributed by atoms with E-state index in [1.807, 2.05) is 6.07 Å². The number of hydrogen-bond acceptors (Lipinski definition) is 6. The molecule has 0 saturated carbocycles. The van der Waals surface area contributed by atoms with Crippen LogP contribution in [0.15, 0.2) is 54.6 Å². The fourth-order valence-corrected chi connectivity index (χ4v) is 3.09. The zero-order valence-corrected chi connectivity index (χ0v) is 16.9. The number of esters is 1. The Morgan fingerprint density at radius 3 is 2.35 bits per heavy atom. The number of halogens is 1. The van der Waals surface area contributed by atoms with Gasteiger partial charge in [0.25, 0.3) is 5.91 Å². The molecule has 1 amide bonds. The molecule has 8 heteroatoms. The highest BCUT2D eigenvalue weighted by Crippen LogP contribution is 2.17. The molecule has 1 fully saturated rings. The number of nitrogens with zero attached hydrogens (tertiary/aromatic N) is 3. The molecule has 1 aliphatic heterocycles. The molecule has 31 heavy (non-hydrogen) atoms. The highest BCUT2D eigenvalue weighted by Gasteiger charge is 2.22. The van der Waals surface area contributed by atoms with Gasteiger partial charge in [-0.25, -0.2) is 9.18 Å². The van der Waals surface area contributed by atoms with Crippen LogP contribution in [0.1, 0.15) is 5.56 Å². The minimum absolute atomic E-state index is 0.0309. The van der Waals surface area contributed by atoms with Crippen molar-refractivity contribution in [2.75, 3.05) is 44.3 Å². The Morgan fingerprint density at radius 2 is 1.71 bits per heavy atom. The van der Waals surface area contributed by atoms with E-state index in [1.165, 1.54) is 18.2 Å². The lowest BCUT2D eigenvalue weighted by Crippen LogP contribution is -2.49. The third kappa shape index (κ3) is 6.57. The van der Waals surface area contributed by atoms with Crippen LogP contribution in [0.25, 0.3) is 6.08 Å². The molecule has 0 aromatic heterocycles. The molecule has 3 rings (SSSR count). The van der Waals surface area contributed by atoms with Gasteiger partial charge in [0.1, 0.15) is 17.6 Å². The van der Waals surface area contributed by atoms with E-state index in [0.29, 0.717) is 31.9 Å². The van der Waals surface area contributed by atoms with Gasteiger partial charge in [-0.15, -0.1) is 0 Å². The summed E-state index contributed by atoms with van der Waals surface area (Å²) >= 11 is 0. The van der Waals surface area contributed by atoms with Gasteiger partial charge in [0, 0.05) is 37.9 Å². The van der Waals surface area contributed by atoms with E-state index in [0.717, 1.165) is 11.3 Å². The average molecular weight is 423 g/mol. The van der Waals surface area contributed by atoms with Crippen LogP contribution in [0.5, 0.6) is 5.75 Å². The Bertz CT molecular complexity index is 960. The van der Waals surface area contributed by atoms with Crippen molar-refractivity contribution in [3.8, 4) is 11.8 Å². The average Bonchev–Trinajstić information content (AvgIpc) is 2.81. The fourth-order valence-electron chi connectivity index (χ4n) is 3.09. The Hall–Kier alpha value is -3.86. The molecule has 0 radical (unpaired) electrons. The maximum absolute atomic E-state index is 13.0. The minimum Gasteiger partial charge on any atom is -0.479 e. The van der Waals surface area contributed by atoms with Crippen molar-refractivity contribution in [2.45, 2.75) is 0 Å². The summed E-state index contributed by atoms with van der Waals surface area (Å²) in [7, 11) is 0. The van der Waals surface area contributed by atoms with E-state index >= 15 is 0 Å². The van der Waals surface area contributed by atoms with Crippen LogP contribution in [0, 0.1) is 17.1 Å². The first-order valence-electron chi connectivity index (χ1n) is 9.78. The van der Waals surface area contributed by atoms with Crippen LogP contribution in [-0.4, -0.2) is 56.2 Å². The molecule has 0 aliphatic carbocycles. The van der Waals surface area contributed by atoms with E-state index in [2.05, 4.69) is 4.90 Å². The van der Waals surface area contributed by atoms with Gasteiger partial charge in [-0.1, -0.05) is 12.1 Å². The molecule has 1 heterocycles. The van der Waals surface area contributed by atoms with Gasteiger partial charge in [-0.3, -0.25) is 4.79 Å². The van der Waals surface area contributed by atoms with Crippen molar-refractivity contribution in [2.24, 2.45) is 0 Å². The molecular weight excluding hydrogens is 401 g/mol. The van der Waals surface area contributed by atoms with E-state index < -0.39 is 5.97 Å². The van der Waals surface area contributed by atoms with Crippen LogP contribution in [0.3, 0.4) is 0 Å². The maximum Gasteiger partial charge on any atom is 0.331 e. The van der Waals surface area contributed by atoms with Crippen LogP contribution < -0.4 is 9.64 Å². The Morgan fingerprint density at radius 1 is 1.03 bits per heavy atom. The normalized spacial score (nSPS) is 13.7. The summed E-state index contributed by atoms with van der Waals surface area (Å²) in [6.07, 6.45) is 2.83. The number of nitriles is 1. The lowest BCUT2D eigenvalue weighted by atomic mass is 10.2. The van der Waals surface area contributed by atoms with Gasteiger partial charge < -0.3 is 19.3 Å². The second-order valence-corrected chi connectivity index (χ2v) is 6.80. The predicted molar refractivity (Wildman–Crippen MR) is 113 cm³/mol. The molecule has 0 unspecified atom stereocenters. The largest absolute Gasteiger partial charge is 0.479 e. The molecule has 7 nitrogen and oxygen atoms in total. The number of rotatable bonds is 7.